The Bertz CT molecular complexity index is 1550. The van der Waals surface area contributed by atoms with Crippen molar-refractivity contribution in [3.63, 3.8) is 0 Å². The Balaban J connectivity index is 1.58. The van der Waals surface area contributed by atoms with Crippen LogP contribution in [-0.2, 0) is 14.4 Å². The molecule has 9 heteroatoms. The minimum Gasteiger partial charge on any atom is -0.490 e. The van der Waals surface area contributed by atoms with E-state index >= 15 is 0 Å². The average Bonchev–Trinajstić information content (AvgIpc) is 2.93. The van der Waals surface area contributed by atoms with Crippen LogP contribution >= 0.6 is 34.2 Å². The number of carbonyl (C=O) groups excluding carboxylic acids is 3. The van der Waals surface area contributed by atoms with Crippen molar-refractivity contribution >= 4 is 57.4 Å². The van der Waals surface area contributed by atoms with Crippen LogP contribution in [0.5, 0.6) is 11.5 Å². The fourth-order valence-electron chi connectivity index (χ4n) is 6.92. The summed E-state index contributed by atoms with van der Waals surface area (Å²) in [6, 6.07) is 10.9. The molecule has 0 unspecified atom stereocenters. The SMILES string of the molecule is CCCN1C2=C(C(=O)CC(C)(C)C2)C(c2cc(I)c(OCC(=O)Nc3ccccc3Cl)c(OCC)c2)C2=C1CC(C)(C)CC2=O. The third-order valence-corrected chi connectivity index (χ3v) is 9.76. The molecule has 0 saturated carbocycles. The van der Waals surface area contributed by atoms with Crippen LogP contribution in [0.3, 0.4) is 0 Å². The van der Waals surface area contributed by atoms with Crippen LogP contribution in [0.25, 0.3) is 0 Å². The van der Waals surface area contributed by atoms with Crippen LogP contribution in [0.15, 0.2) is 58.9 Å². The van der Waals surface area contributed by atoms with Gasteiger partial charge in [0.25, 0.3) is 5.91 Å². The number of para-hydroxylation sites is 1. The van der Waals surface area contributed by atoms with Crippen molar-refractivity contribution < 1.29 is 23.9 Å². The maximum absolute atomic E-state index is 14.1. The second-order valence-corrected chi connectivity index (χ2v) is 15.3. The number of hydrogen-bond acceptors (Lipinski definition) is 6. The Morgan fingerprint density at radius 3 is 2.11 bits per heavy atom. The summed E-state index contributed by atoms with van der Waals surface area (Å²) < 4.78 is 12.8. The fraction of sp³-hybridized carbons (Fsp3) is 0.472. The first-order valence-electron chi connectivity index (χ1n) is 15.7. The molecule has 7 nitrogen and oxygen atoms in total. The number of allylic oxidation sites excluding steroid dienone is 4. The van der Waals surface area contributed by atoms with Gasteiger partial charge in [0.15, 0.2) is 29.7 Å². The number of nitrogens with zero attached hydrogens (tertiary/aromatic N) is 1. The molecular formula is C36H42ClIN2O5. The van der Waals surface area contributed by atoms with Gasteiger partial charge in [-0.2, -0.15) is 0 Å². The fourth-order valence-corrected chi connectivity index (χ4v) is 7.88. The molecule has 1 aliphatic heterocycles. The molecule has 2 aliphatic carbocycles. The summed E-state index contributed by atoms with van der Waals surface area (Å²) >= 11 is 8.40. The lowest BCUT2D eigenvalue weighted by atomic mass is 9.63. The van der Waals surface area contributed by atoms with E-state index in [4.69, 9.17) is 21.1 Å². The van der Waals surface area contributed by atoms with Gasteiger partial charge in [-0.15, -0.1) is 0 Å². The topological polar surface area (TPSA) is 84.9 Å². The number of benzene rings is 2. The monoisotopic (exact) mass is 744 g/mol. The maximum Gasteiger partial charge on any atom is 0.262 e. The van der Waals surface area contributed by atoms with Crippen molar-refractivity contribution in [2.24, 2.45) is 10.8 Å². The number of halogens is 2. The van der Waals surface area contributed by atoms with Crippen LogP contribution in [0.4, 0.5) is 5.69 Å². The number of rotatable bonds is 9. The van der Waals surface area contributed by atoms with Crippen LogP contribution in [0.2, 0.25) is 5.02 Å². The predicted octanol–water partition coefficient (Wildman–Crippen LogP) is 8.46. The maximum atomic E-state index is 14.1. The molecule has 240 valence electrons. The molecule has 0 radical (unpaired) electrons. The van der Waals surface area contributed by atoms with Gasteiger partial charge >= 0.3 is 0 Å². The molecule has 2 aromatic carbocycles. The Morgan fingerprint density at radius 2 is 1.56 bits per heavy atom. The van der Waals surface area contributed by atoms with E-state index in [1.807, 2.05) is 19.1 Å². The van der Waals surface area contributed by atoms with Crippen LogP contribution < -0.4 is 14.8 Å². The molecule has 0 spiro atoms. The van der Waals surface area contributed by atoms with Crippen molar-refractivity contribution in [3.05, 3.63) is 73.1 Å². The zero-order chi connectivity index (χ0) is 32.7. The zero-order valence-corrected chi connectivity index (χ0v) is 29.9. The molecule has 2 aromatic rings. The van der Waals surface area contributed by atoms with E-state index in [0.717, 1.165) is 57.5 Å². The highest BCUT2D eigenvalue weighted by Crippen LogP contribution is 2.55. The van der Waals surface area contributed by atoms with Gasteiger partial charge in [-0.3, -0.25) is 14.4 Å². The molecule has 5 rings (SSSR count). The number of ketones is 2. The van der Waals surface area contributed by atoms with Gasteiger partial charge < -0.3 is 19.7 Å². The van der Waals surface area contributed by atoms with Gasteiger partial charge in [0.05, 0.1) is 20.9 Å². The minimum atomic E-state index is -0.486. The van der Waals surface area contributed by atoms with E-state index in [1.54, 1.807) is 24.3 Å². The van der Waals surface area contributed by atoms with Crippen molar-refractivity contribution in [2.75, 3.05) is 25.1 Å². The van der Waals surface area contributed by atoms with Crippen LogP contribution in [-0.4, -0.2) is 42.1 Å². The standard InChI is InChI=1S/C36H42ClIN2O5/c1-7-13-40-25-16-35(3,4)18-27(41)32(25)31(33-26(40)17-36(5,6)19-28(33)42)21-14-23(38)34(29(15-21)44-8-2)45-20-30(43)39-24-12-10-9-11-22(24)37/h9-12,14-15,31H,7-8,13,16-20H2,1-6H3,(H,39,43). The van der Waals surface area contributed by atoms with Crippen LogP contribution in [0.1, 0.15) is 85.1 Å². The smallest absolute Gasteiger partial charge is 0.262 e. The molecular weight excluding hydrogens is 703 g/mol. The lowest BCUT2D eigenvalue weighted by molar-refractivity contribution is -0.120. The van der Waals surface area contributed by atoms with Crippen molar-refractivity contribution in [1.82, 2.24) is 4.90 Å². The third kappa shape index (κ3) is 6.97. The van der Waals surface area contributed by atoms with E-state index in [0.29, 0.717) is 41.7 Å². The van der Waals surface area contributed by atoms with Gasteiger partial charge in [-0.05, 0) is 89.4 Å². The molecule has 0 atom stereocenters. The average molecular weight is 745 g/mol. The normalized spacial score (nSPS) is 19.3. The van der Waals surface area contributed by atoms with Gasteiger partial charge in [-0.1, -0.05) is 58.4 Å². The first kappa shape index (κ1) is 33.5. The van der Waals surface area contributed by atoms with E-state index in [-0.39, 0.29) is 34.9 Å². The summed E-state index contributed by atoms with van der Waals surface area (Å²) in [5.74, 6) is 0.263. The largest absolute Gasteiger partial charge is 0.490 e. The molecule has 0 bridgehead atoms. The van der Waals surface area contributed by atoms with E-state index in [2.05, 4.69) is 67.4 Å². The summed E-state index contributed by atoms with van der Waals surface area (Å²) in [6.07, 6.45) is 3.31. The number of hydrogen-bond donors (Lipinski definition) is 1. The van der Waals surface area contributed by atoms with Gasteiger partial charge in [0, 0.05) is 47.8 Å². The Kier molecular flexibility index (Phi) is 9.76. The second kappa shape index (κ2) is 13.1. The highest BCUT2D eigenvalue weighted by atomic mass is 127. The summed E-state index contributed by atoms with van der Waals surface area (Å²) in [5, 5.41) is 3.22. The third-order valence-electron chi connectivity index (χ3n) is 8.63. The predicted molar refractivity (Wildman–Crippen MR) is 186 cm³/mol. The van der Waals surface area contributed by atoms with Crippen molar-refractivity contribution in [2.45, 2.75) is 79.6 Å². The first-order chi connectivity index (χ1) is 21.2. The van der Waals surface area contributed by atoms with E-state index in [9.17, 15) is 14.4 Å². The highest BCUT2D eigenvalue weighted by molar-refractivity contribution is 14.1. The minimum absolute atomic E-state index is 0.0982. The molecule has 45 heavy (non-hydrogen) atoms. The number of carbonyl (C=O) groups is 3. The highest BCUT2D eigenvalue weighted by Gasteiger charge is 2.49. The number of nitrogens with one attached hydrogen (secondary N) is 1. The van der Waals surface area contributed by atoms with E-state index < -0.39 is 5.92 Å². The van der Waals surface area contributed by atoms with Crippen molar-refractivity contribution in [3.8, 4) is 11.5 Å². The first-order valence-corrected chi connectivity index (χ1v) is 17.1. The number of ether oxygens (including phenoxy) is 2. The quantitative estimate of drug-likeness (QED) is 0.260. The number of anilines is 1. The molecule has 1 amide bonds. The molecule has 3 aliphatic rings. The molecule has 0 fully saturated rings. The summed E-state index contributed by atoms with van der Waals surface area (Å²) in [7, 11) is 0. The molecule has 1 heterocycles. The second-order valence-electron chi connectivity index (χ2n) is 13.8. The zero-order valence-electron chi connectivity index (χ0n) is 26.9. The van der Waals surface area contributed by atoms with Crippen molar-refractivity contribution in [1.29, 1.82) is 0 Å². The summed E-state index contributed by atoms with van der Waals surface area (Å²) in [5.41, 5.74) is 4.56. The number of Topliss-reactive ketones (excluding diaryl/α,β-unsaturated/α-hetero) is 2. The molecule has 0 saturated heterocycles. The molecule has 1 N–H and O–H groups in total. The lowest BCUT2D eigenvalue weighted by Gasteiger charge is -2.49. The Hall–Kier alpha value is -2.85. The number of amides is 1. The van der Waals surface area contributed by atoms with Crippen LogP contribution in [0, 0.1) is 14.4 Å². The summed E-state index contributed by atoms with van der Waals surface area (Å²) in [6.45, 7) is 13.5. The molecule has 0 aromatic heterocycles. The van der Waals surface area contributed by atoms with Gasteiger partial charge in [0.1, 0.15) is 0 Å². The Labute approximate surface area is 284 Å². The van der Waals surface area contributed by atoms with Gasteiger partial charge in [0.2, 0.25) is 0 Å². The van der Waals surface area contributed by atoms with Gasteiger partial charge in [-0.25, -0.2) is 0 Å². The Morgan fingerprint density at radius 1 is 0.956 bits per heavy atom. The van der Waals surface area contributed by atoms with E-state index in [1.165, 1.54) is 0 Å². The lowest BCUT2D eigenvalue weighted by Crippen LogP contribution is -2.44. The summed E-state index contributed by atoms with van der Waals surface area (Å²) in [4.78, 5) is 43.2.